The van der Waals surface area contributed by atoms with Crippen molar-refractivity contribution in [3.8, 4) is 16.9 Å². The first-order valence-corrected chi connectivity index (χ1v) is 10.6. The van der Waals surface area contributed by atoms with Crippen LogP contribution in [0.5, 0.6) is 0 Å². The molecule has 1 aliphatic rings. The lowest BCUT2D eigenvalue weighted by atomic mass is 10.1. The first-order valence-electron chi connectivity index (χ1n) is 10.6. The summed E-state index contributed by atoms with van der Waals surface area (Å²) in [4.78, 5) is 26.0. The molecule has 5 rings (SSSR count). The average Bonchev–Trinajstić information content (AvgIpc) is 3.53. The molecular formula is C26H22N4O2. The Morgan fingerprint density at radius 1 is 0.812 bits per heavy atom. The Balaban J connectivity index is 1.50. The number of benzene rings is 3. The molecule has 0 spiro atoms. The van der Waals surface area contributed by atoms with Crippen LogP contribution in [0, 0.1) is 0 Å². The summed E-state index contributed by atoms with van der Waals surface area (Å²) in [6, 6.07) is 28.3. The number of aromatic nitrogens is 2. The van der Waals surface area contributed by atoms with E-state index >= 15 is 0 Å². The summed E-state index contributed by atoms with van der Waals surface area (Å²) in [6.45, 7) is 0. The standard InChI is InChI=1S/C26H22N4O2/c31-25(27-19-15-16-19)21-13-7-8-14-22(21)28-26(32)24-17-23(18-9-3-1-4-10-18)29-30(24)20-11-5-2-6-12-20/h1-14,17,19H,15-16H2,(H,27,31)(H,28,32). The van der Waals surface area contributed by atoms with Crippen LogP contribution in [0.25, 0.3) is 16.9 Å². The van der Waals surface area contributed by atoms with Crippen LogP contribution in [0.15, 0.2) is 91.0 Å². The highest BCUT2D eigenvalue weighted by molar-refractivity contribution is 6.09. The van der Waals surface area contributed by atoms with Gasteiger partial charge < -0.3 is 10.6 Å². The first kappa shape index (κ1) is 19.8. The maximum absolute atomic E-state index is 13.4. The number of para-hydroxylation sites is 2. The van der Waals surface area contributed by atoms with E-state index in [2.05, 4.69) is 10.6 Å². The Morgan fingerprint density at radius 3 is 2.19 bits per heavy atom. The number of hydrogen-bond acceptors (Lipinski definition) is 3. The molecule has 1 aromatic heterocycles. The summed E-state index contributed by atoms with van der Waals surface area (Å²) < 4.78 is 1.63. The largest absolute Gasteiger partial charge is 0.349 e. The van der Waals surface area contributed by atoms with Crippen LogP contribution in [-0.4, -0.2) is 27.6 Å². The van der Waals surface area contributed by atoms with Crippen molar-refractivity contribution in [2.75, 3.05) is 5.32 Å². The lowest BCUT2D eigenvalue weighted by Gasteiger charge is -2.12. The molecule has 0 aliphatic heterocycles. The van der Waals surface area contributed by atoms with Gasteiger partial charge in [0.25, 0.3) is 11.8 Å². The molecular weight excluding hydrogens is 400 g/mol. The summed E-state index contributed by atoms with van der Waals surface area (Å²) in [6.07, 6.45) is 2.00. The third kappa shape index (κ3) is 4.16. The molecule has 0 bridgehead atoms. The van der Waals surface area contributed by atoms with E-state index in [0.717, 1.165) is 24.1 Å². The molecule has 3 aromatic carbocycles. The van der Waals surface area contributed by atoms with Crippen LogP contribution in [0.1, 0.15) is 33.7 Å². The molecule has 0 radical (unpaired) electrons. The van der Waals surface area contributed by atoms with Crippen molar-refractivity contribution in [2.45, 2.75) is 18.9 Å². The Labute approximate surface area is 185 Å². The highest BCUT2D eigenvalue weighted by atomic mass is 16.2. The van der Waals surface area contributed by atoms with Gasteiger partial charge in [0.1, 0.15) is 5.69 Å². The molecule has 158 valence electrons. The third-order valence-corrected chi connectivity index (χ3v) is 5.34. The van der Waals surface area contributed by atoms with Crippen LogP contribution in [-0.2, 0) is 0 Å². The maximum Gasteiger partial charge on any atom is 0.274 e. The van der Waals surface area contributed by atoms with Crippen molar-refractivity contribution < 1.29 is 9.59 Å². The second-order valence-electron chi connectivity index (χ2n) is 7.78. The van der Waals surface area contributed by atoms with Crippen molar-refractivity contribution in [1.29, 1.82) is 0 Å². The highest BCUT2D eigenvalue weighted by Gasteiger charge is 2.25. The fourth-order valence-electron chi connectivity index (χ4n) is 3.53. The zero-order valence-corrected chi connectivity index (χ0v) is 17.4. The second kappa shape index (κ2) is 8.51. The van der Waals surface area contributed by atoms with Gasteiger partial charge in [0, 0.05) is 11.6 Å². The molecule has 1 heterocycles. The molecule has 32 heavy (non-hydrogen) atoms. The zero-order chi connectivity index (χ0) is 21.9. The van der Waals surface area contributed by atoms with Crippen molar-refractivity contribution in [1.82, 2.24) is 15.1 Å². The summed E-state index contributed by atoms with van der Waals surface area (Å²) in [5, 5.41) is 10.6. The van der Waals surface area contributed by atoms with E-state index in [1.165, 1.54) is 0 Å². The lowest BCUT2D eigenvalue weighted by molar-refractivity contribution is 0.0952. The minimum atomic E-state index is -0.338. The van der Waals surface area contributed by atoms with Gasteiger partial charge >= 0.3 is 0 Å². The number of amides is 2. The van der Waals surface area contributed by atoms with Crippen LogP contribution in [0.4, 0.5) is 5.69 Å². The number of carbonyl (C=O) groups excluding carboxylic acids is 2. The zero-order valence-electron chi connectivity index (χ0n) is 17.4. The number of hydrogen-bond donors (Lipinski definition) is 2. The molecule has 6 heteroatoms. The van der Waals surface area contributed by atoms with Crippen molar-refractivity contribution >= 4 is 17.5 Å². The number of anilines is 1. The molecule has 1 saturated carbocycles. The summed E-state index contributed by atoms with van der Waals surface area (Å²) >= 11 is 0. The van der Waals surface area contributed by atoms with Gasteiger partial charge in [0.2, 0.25) is 0 Å². The Kier molecular flexibility index (Phi) is 5.25. The van der Waals surface area contributed by atoms with E-state index in [0.29, 0.717) is 22.6 Å². The van der Waals surface area contributed by atoms with Gasteiger partial charge in [0.05, 0.1) is 22.6 Å². The van der Waals surface area contributed by atoms with Crippen molar-refractivity contribution in [2.24, 2.45) is 0 Å². The molecule has 1 fully saturated rings. The van der Waals surface area contributed by atoms with Gasteiger partial charge in [-0.2, -0.15) is 5.10 Å². The smallest absolute Gasteiger partial charge is 0.274 e. The molecule has 2 amide bonds. The quantitative estimate of drug-likeness (QED) is 0.474. The summed E-state index contributed by atoms with van der Waals surface area (Å²) in [5.74, 6) is -0.514. The van der Waals surface area contributed by atoms with Gasteiger partial charge in [-0.3, -0.25) is 9.59 Å². The van der Waals surface area contributed by atoms with E-state index in [9.17, 15) is 9.59 Å². The number of carbonyl (C=O) groups is 2. The normalized spacial score (nSPS) is 12.9. The van der Waals surface area contributed by atoms with E-state index < -0.39 is 0 Å². The Morgan fingerprint density at radius 2 is 1.47 bits per heavy atom. The average molecular weight is 422 g/mol. The summed E-state index contributed by atoms with van der Waals surface area (Å²) in [7, 11) is 0. The number of nitrogens with zero attached hydrogens (tertiary/aromatic N) is 2. The second-order valence-corrected chi connectivity index (χ2v) is 7.78. The monoisotopic (exact) mass is 422 g/mol. The van der Waals surface area contributed by atoms with Crippen LogP contribution in [0.2, 0.25) is 0 Å². The molecule has 6 nitrogen and oxygen atoms in total. The summed E-state index contributed by atoms with van der Waals surface area (Å²) in [5.41, 5.74) is 3.69. The van der Waals surface area contributed by atoms with Crippen molar-refractivity contribution in [3.63, 3.8) is 0 Å². The molecule has 4 aromatic rings. The maximum atomic E-state index is 13.4. The van der Waals surface area contributed by atoms with E-state index in [-0.39, 0.29) is 17.9 Å². The molecule has 1 aliphatic carbocycles. The van der Waals surface area contributed by atoms with E-state index in [1.807, 2.05) is 60.7 Å². The first-order chi connectivity index (χ1) is 15.7. The van der Waals surface area contributed by atoms with Crippen LogP contribution in [0.3, 0.4) is 0 Å². The SMILES string of the molecule is O=C(NC1CC1)c1ccccc1NC(=O)c1cc(-c2ccccc2)nn1-c1ccccc1. The Hall–Kier alpha value is -4.19. The topological polar surface area (TPSA) is 76.0 Å². The molecule has 2 N–H and O–H groups in total. The van der Waals surface area contributed by atoms with Gasteiger partial charge in [-0.1, -0.05) is 60.7 Å². The number of rotatable bonds is 6. The Bertz CT molecular complexity index is 1260. The van der Waals surface area contributed by atoms with E-state index in [1.54, 1.807) is 35.0 Å². The minimum Gasteiger partial charge on any atom is -0.349 e. The predicted octanol–water partition coefficient (Wildman–Crippen LogP) is 4.68. The van der Waals surface area contributed by atoms with E-state index in [4.69, 9.17) is 5.10 Å². The van der Waals surface area contributed by atoms with Gasteiger partial charge in [-0.25, -0.2) is 4.68 Å². The van der Waals surface area contributed by atoms with Gasteiger partial charge in [-0.05, 0) is 43.2 Å². The fraction of sp³-hybridized carbons (Fsp3) is 0.115. The molecule has 0 saturated heterocycles. The fourth-order valence-corrected chi connectivity index (χ4v) is 3.53. The highest BCUT2D eigenvalue weighted by Crippen LogP contribution is 2.24. The molecule has 0 unspecified atom stereocenters. The van der Waals surface area contributed by atoms with Crippen LogP contribution >= 0.6 is 0 Å². The number of nitrogens with one attached hydrogen (secondary N) is 2. The lowest BCUT2D eigenvalue weighted by Crippen LogP contribution is -2.27. The third-order valence-electron chi connectivity index (χ3n) is 5.34. The van der Waals surface area contributed by atoms with Gasteiger partial charge in [0.15, 0.2) is 0 Å². The predicted molar refractivity (Wildman–Crippen MR) is 124 cm³/mol. The van der Waals surface area contributed by atoms with Crippen LogP contribution < -0.4 is 10.6 Å². The molecule has 0 atom stereocenters. The minimum absolute atomic E-state index is 0.176. The van der Waals surface area contributed by atoms with Gasteiger partial charge in [-0.15, -0.1) is 0 Å². The van der Waals surface area contributed by atoms with Crippen molar-refractivity contribution in [3.05, 3.63) is 102 Å².